The van der Waals surface area contributed by atoms with E-state index in [0.717, 1.165) is 24.2 Å². The first kappa shape index (κ1) is 26.5. The van der Waals surface area contributed by atoms with E-state index in [2.05, 4.69) is 25.3 Å². The zero-order valence-corrected chi connectivity index (χ0v) is 22.2. The second kappa shape index (κ2) is 9.75. The van der Waals surface area contributed by atoms with Gasteiger partial charge >= 0.3 is 0 Å². The van der Waals surface area contributed by atoms with Gasteiger partial charge in [0, 0.05) is 42.4 Å². The fourth-order valence-corrected chi connectivity index (χ4v) is 6.90. The number of nitrogens with two attached hydrogens (primary N) is 1. The number of nitrogens with zero attached hydrogens (tertiary/aromatic N) is 5. The summed E-state index contributed by atoms with van der Waals surface area (Å²) in [7, 11) is 0. The van der Waals surface area contributed by atoms with Crippen molar-refractivity contribution in [1.82, 2.24) is 19.9 Å². The molecule has 9 nitrogen and oxygen atoms in total. The minimum Gasteiger partial charge on any atom is -0.475 e. The quantitative estimate of drug-likeness (QED) is 0.381. The summed E-state index contributed by atoms with van der Waals surface area (Å²) in [5.74, 6) is -2.48. The van der Waals surface area contributed by atoms with Crippen LogP contribution in [-0.4, -0.2) is 61.8 Å². The number of amides is 1. The molecule has 0 unspecified atom stereocenters. The number of thioether (sulfide) groups is 1. The Labute approximate surface area is 230 Å². The van der Waals surface area contributed by atoms with Crippen LogP contribution in [0.4, 0.5) is 29.1 Å². The average molecular weight is 576 g/mol. The summed E-state index contributed by atoms with van der Waals surface area (Å²) in [4.78, 5) is 30.9. The van der Waals surface area contributed by atoms with Gasteiger partial charge in [0.05, 0.1) is 28.5 Å². The second-order valence-electron chi connectivity index (χ2n) is 10.2. The van der Waals surface area contributed by atoms with Crippen LogP contribution in [-0.2, 0) is 10.3 Å². The Morgan fingerprint density at radius 2 is 2.12 bits per heavy atom. The van der Waals surface area contributed by atoms with E-state index >= 15 is 4.39 Å². The molecule has 2 aromatic heterocycles. The lowest BCUT2D eigenvalue weighted by Crippen LogP contribution is -2.39. The van der Waals surface area contributed by atoms with E-state index in [1.807, 2.05) is 0 Å². The fourth-order valence-electron chi connectivity index (χ4n) is 5.56. The van der Waals surface area contributed by atoms with Crippen molar-refractivity contribution in [3.05, 3.63) is 47.8 Å². The monoisotopic (exact) mass is 575 g/mol. The number of rotatable bonds is 8. The number of amidine groups is 1. The number of fused-ring (bicyclic) bond motifs is 2. The first-order valence-corrected chi connectivity index (χ1v) is 13.5. The van der Waals surface area contributed by atoms with Crippen molar-refractivity contribution in [2.24, 2.45) is 16.6 Å². The third-order valence-corrected chi connectivity index (χ3v) is 9.00. The van der Waals surface area contributed by atoms with E-state index in [9.17, 15) is 18.0 Å². The van der Waals surface area contributed by atoms with Gasteiger partial charge in [0.2, 0.25) is 11.8 Å². The van der Waals surface area contributed by atoms with Crippen LogP contribution >= 0.6 is 11.8 Å². The third kappa shape index (κ3) is 4.47. The lowest BCUT2D eigenvalue weighted by molar-refractivity contribution is -0.128. The predicted octanol–water partition coefficient (Wildman–Crippen LogP) is 4.35. The molecule has 1 aliphatic carbocycles. The predicted molar refractivity (Wildman–Crippen MR) is 142 cm³/mol. The molecule has 1 aromatic carbocycles. The highest BCUT2D eigenvalue weighted by molar-refractivity contribution is 8.15. The topological polar surface area (TPSA) is 119 Å². The zero-order chi connectivity index (χ0) is 28.2. The number of alkyl halides is 2. The third-order valence-electron chi connectivity index (χ3n) is 7.69. The molecule has 2 fully saturated rings. The first-order chi connectivity index (χ1) is 19.1. The number of hydrogen-bond acceptors (Lipinski definition) is 9. The molecule has 3 N–H and O–H groups in total. The molecule has 3 atom stereocenters. The average Bonchev–Trinajstić information content (AvgIpc) is 3.54. The minimum absolute atomic E-state index is 0.0773. The molecule has 0 bridgehead atoms. The first-order valence-electron chi connectivity index (χ1n) is 12.7. The molecule has 210 valence electrons. The standard InChI is InChI=1S/C26H25F4N7O2S/c1-25(17-11-26(17,23(29)30)40-24(31)36-25)14-9-13(10-15(27)20(14)28)34-22-21-16(4-5-32-22)35-18(12-33-21)39-8-7-37-6-2-3-19(37)38/h4-5,9-10,12,17,23H,2-3,6-8,11H2,1H3,(H2,31,36)(H,32,34)/t17-,25+,26-/m0/s1. The lowest BCUT2D eigenvalue weighted by atomic mass is 9.85. The normalized spacial score (nSPS) is 25.8. The number of anilines is 2. The van der Waals surface area contributed by atoms with Gasteiger partial charge in [0.1, 0.15) is 12.1 Å². The van der Waals surface area contributed by atoms with E-state index in [1.54, 1.807) is 11.0 Å². The largest absolute Gasteiger partial charge is 0.475 e. The van der Waals surface area contributed by atoms with Crippen molar-refractivity contribution in [3.63, 3.8) is 0 Å². The van der Waals surface area contributed by atoms with Crippen molar-refractivity contribution in [1.29, 1.82) is 0 Å². The van der Waals surface area contributed by atoms with Gasteiger partial charge in [-0.25, -0.2) is 32.5 Å². The van der Waals surface area contributed by atoms with E-state index in [0.29, 0.717) is 30.5 Å². The molecule has 40 heavy (non-hydrogen) atoms. The maximum atomic E-state index is 15.1. The Kier molecular flexibility index (Phi) is 6.47. The highest BCUT2D eigenvalue weighted by atomic mass is 32.2. The number of likely N-dealkylation sites (tertiary alicyclic amines) is 1. The van der Waals surface area contributed by atoms with Crippen LogP contribution in [0.15, 0.2) is 35.6 Å². The molecule has 3 aromatic rings. The van der Waals surface area contributed by atoms with Crippen molar-refractivity contribution in [2.45, 2.75) is 42.9 Å². The molecule has 3 aliphatic rings. The molecule has 2 aliphatic heterocycles. The maximum Gasteiger partial charge on any atom is 0.253 e. The van der Waals surface area contributed by atoms with Crippen LogP contribution in [0.25, 0.3) is 11.0 Å². The van der Waals surface area contributed by atoms with Crippen LogP contribution in [0.3, 0.4) is 0 Å². The number of aromatic nitrogens is 3. The number of benzene rings is 1. The van der Waals surface area contributed by atoms with Crippen molar-refractivity contribution < 1.29 is 27.1 Å². The van der Waals surface area contributed by atoms with E-state index in [4.69, 9.17) is 10.5 Å². The van der Waals surface area contributed by atoms with Crippen molar-refractivity contribution >= 4 is 45.4 Å². The molecule has 14 heteroatoms. The molecule has 1 saturated heterocycles. The number of nitrogens with one attached hydrogen (secondary N) is 1. The van der Waals surface area contributed by atoms with Gasteiger partial charge in [-0.1, -0.05) is 11.8 Å². The minimum atomic E-state index is -2.69. The van der Waals surface area contributed by atoms with Crippen molar-refractivity contribution in [3.8, 4) is 5.88 Å². The number of hydrogen-bond donors (Lipinski definition) is 2. The van der Waals surface area contributed by atoms with Gasteiger partial charge in [0.25, 0.3) is 6.43 Å². The molecular formula is C26H25F4N7O2S. The highest BCUT2D eigenvalue weighted by Crippen LogP contribution is 2.68. The van der Waals surface area contributed by atoms with Gasteiger partial charge in [-0.05, 0) is 31.9 Å². The van der Waals surface area contributed by atoms with Gasteiger partial charge < -0.3 is 20.7 Å². The molecule has 6 rings (SSSR count). The number of pyridine rings is 1. The van der Waals surface area contributed by atoms with Crippen LogP contribution in [0, 0.1) is 17.6 Å². The van der Waals surface area contributed by atoms with Gasteiger partial charge in [-0.3, -0.25) is 9.79 Å². The molecule has 0 spiro atoms. The molecule has 1 saturated carbocycles. The summed E-state index contributed by atoms with van der Waals surface area (Å²) in [6.45, 7) is 2.92. The number of ether oxygens (including phenoxy) is 1. The van der Waals surface area contributed by atoms with Crippen LogP contribution in [0.1, 0.15) is 31.7 Å². The summed E-state index contributed by atoms with van der Waals surface area (Å²) in [5, 5.41) is 2.86. The van der Waals surface area contributed by atoms with E-state index in [-0.39, 0.29) is 47.1 Å². The number of halogens is 4. The van der Waals surface area contributed by atoms with Crippen molar-refractivity contribution in [2.75, 3.05) is 25.0 Å². The lowest BCUT2D eigenvalue weighted by Gasteiger charge is -2.34. The summed E-state index contributed by atoms with van der Waals surface area (Å²) in [6.07, 6.45) is 1.65. The Bertz CT molecular complexity index is 1540. The zero-order valence-electron chi connectivity index (χ0n) is 21.3. The smallest absolute Gasteiger partial charge is 0.253 e. The highest BCUT2D eigenvalue weighted by Gasteiger charge is 2.71. The van der Waals surface area contributed by atoms with Gasteiger partial charge in [-0.2, -0.15) is 0 Å². The number of carbonyl (C=O) groups excluding carboxylic acids is 1. The molecule has 1 amide bonds. The molecule has 4 heterocycles. The summed E-state index contributed by atoms with van der Waals surface area (Å²) in [6, 6.07) is 3.91. The number of aliphatic imine (C=N–C) groups is 1. The Balaban J connectivity index is 1.26. The van der Waals surface area contributed by atoms with Gasteiger partial charge in [-0.15, -0.1) is 0 Å². The maximum absolute atomic E-state index is 15.1. The molecule has 0 radical (unpaired) electrons. The van der Waals surface area contributed by atoms with Gasteiger partial charge in [0.15, 0.2) is 22.6 Å². The fraction of sp³-hybridized carbons (Fsp3) is 0.423. The summed E-state index contributed by atoms with van der Waals surface area (Å²) in [5.41, 5.74) is 5.12. The van der Waals surface area contributed by atoms with Crippen LogP contribution in [0.5, 0.6) is 5.88 Å². The summed E-state index contributed by atoms with van der Waals surface area (Å²) >= 11 is 0.792. The SMILES string of the molecule is C[C@]1(c2cc(Nc3nccc4nc(OCCN5CCCC5=O)cnc34)cc(F)c2F)N=C(N)S[C@@]2(C(F)F)C[C@@H]12. The molecular weight excluding hydrogens is 550 g/mol. The van der Waals surface area contributed by atoms with Crippen LogP contribution < -0.4 is 15.8 Å². The Hall–Kier alpha value is -3.68. The van der Waals surface area contributed by atoms with E-state index < -0.39 is 34.3 Å². The Morgan fingerprint density at radius 3 is 2.88 bits per heavy atom. The van der Waals surface area contributed by atoms with Crippen LogP contribution in [0.2, 0.25) is 0 Å². The second-order valence-corrected chi connectivity index (χ2v) is 11.6. The Morgan fingerprint density at radius 1 is 1.30 bits per heavy atom. The number of carbonyl (C=O) groups is 1. The summed E-state index contributed by atoms with van der Waals surface area (Å²) < 4.78 is 62.0. The van der Waals surface area contributed by atoms with E-state index in [1.165, 1.54) is 25.4 Å².